The maximum absolute atomic E-state index is 14.5. The second-order valence-electron chi connectivity index (χ2n) is 7.22. The number of ether oxygens (including phenoxy) is 1. The summed E-state index contributed by atoms with van der Waals surface area (Å²) < 4.78 is 34.9. The number of hydrogen-bond donors (Lipinski definition) is 1. The van der Waals surface area contributed by atoms with E-state index in [2.05, 4.69) is 4.90 Å². The topological polar surface area (TPSA) is 49.8 Å². The number of nitrogens with zero attached hydrogens (tertiary/aromatic N) is 1. The van der Waals surface area contributed by atoms with E-state index in [1.807, 2.05) is 6.92 Å². The van der Waals surface area contributed by atoms with Crippen LogP contribution in [0.2, 0.25) is 0 Å². The predicted molar refractivity (Wildman–Crippen MR) is 104 cm³/mol. The first kappa shape index (κ1) is 20.1. The van der Waals surface area contributed by atoms with Crippen molar-refractivity contribution in [3.05, 3.63) is 59.7 Å². The molecular formula is C22H25F2NO3. The molecule has 1 unspecified atom stereocenters. The van der Waals surface area contributed by atoms with Crippen LogP contribution in [-0.2, 0) is 5.92 Å². The minimum absolute atomic E-state index is 0.0318. The molecule has 0 aromatic heterocycles. The molecule has 28 heavy (non-hydrogen) atoms. The van der Waals surface area contributed by atoms with Crippen LogP contribution in [-0.4, -0.2) is 30.8 Å². The van der Waals surface area contributed by atoms with E-state index in [0.717, 1.165) is 12.1 Å². The summed E-state index contributed by atoms with van der Waals surface area (Å²) in [6.45, 7) is 3.65. The largest absolute Gasteiger partial charge is 0.491 e. The van der Waals surface area contributed by atoms with Gasteiger partial charge in [-0.2, -0.15) is 0 Å². The fraction of sp³-hybridized carbons (Fsp3) is 0.409. The second kappa shape index (κ2) is 8.59. The normalized spacial score (nSPS) is 16.8. The molecule has 0 bridgehead atoms. The summed E-state index contributed by atoms with van der Waals surface area (Å²) in [4.78, 5) is 13.4. The average molecular weight is 389 g/mol. The van der Waals surface area contributed by atoms with E-state index >= 15 is 0 Å². The van der Waals surface area contributed by atoms with Crippen molar-refractivity contribution < 1.29 is 23.4 Å². The third-order valence-corrected chi connectivity index (χ3v) is 5.06. The molecule has 0 saturated heterocycles. The summed E-state index contributed by atoms with van der Waals surface area (Å²) in [7, 11) is 0. The summed E-state index contributed by atoms with van der Waals surface area (Å²) in [6.07, 6.45) is 0.938. The zero-order valence-corrected chi connectivity index (χ0v) is 15.9. The van der Waals surface area contributed by atoms with Crippen LogP contribution in [0.1, 0.15) is 42.1 Å². The van der Waals surface area contributed by atoms with E-state index in [4.69, 9.17) is 4.74 Å². The highest BCUT2D eigenvalue weighted by atomic mass is 19.3. The molecule has 0 amide bonds. The molecular weight excluding hydrogens is 364 g/mol. The lowest BCUT2D eigenvalue weighted by atomic mass is 9.96. The predicted octanol–water partition coefficient (Wildman–Crippen LogP) is 5.18. The first-order valence-electron chi connectivity index (χ1n) is 9.59. The van der Waals surface area contributed by atoms with Gasteiger partial charge in [0.25, 0.3) is 5.92 Å². The van der Waals surface area contributed by atoms with Crippen LogP contribution in [0.25, 0.3) is 0 Å². The first-order valence-corrected chi connectivity index (χ1v) is 9.59. The highest BCUT2D eigenvalue weighted by molar-refractivity contribution is 5.89. The van der Waals surface area contributed by atoms with Crippen molar-refractivity contribution in [2.75, 3.05) is 24.6 Å². The van der Waals surface area contributed by atoms with Gasteiger partial charge in [-0.1, -0.05) is 37.3 Å². The molecule has 1 N–H and O–H groups in total. The van der Waals surface area contributed by atoms with Crippen LogP contribution in [0, 0.1) is 5.92 Å². The molecule has 2 aromatic carbocycles. The second-order valence-corrected chi connectivity index (χ2v) is 7.22. The molecule has 1 aliphatic heterocycles. The summed E-state index contributed by atoms with van der Waals surface area (Å²) in [5.74, 6) is -3.34. The van der Waals surface area contributed by atoms with Crippen LogP contribution in [0.15, 0.2) is 48.5 Å². The highest BCUT2D eigenvalue weighted by Gasteiger charge is 2.33. The van der Waals surface area contributed by atoms with Crippen molar-refractivity contribution in [2.45, 2.75) is 32.1 Å². The number of carboxylic acid groups (broad SMARTS) is 1. The molecule has 0 fully saturated rings. The fourth-order valence-corrected chi connectivity index (χ4v) is 3.56. The number of alkyl halides is 2. The molecule has 1 aliphatic rings. The molecule has 0 aliphatic carbocycles. The van der Waals surface area contributed by atoms with E-state index in [9.17, 15) is 18.7 Å². The number of anilines is 1. The lowest BCUT2D eigenvalue weighted by molar-refractivity contribution is -0.0203. The number of benzene rings is 2. The van der Waals surface area contributed by atoms with Gasteiger partial charge < -0.3 is 14.7 Å². The number of aromatic carboxylic acids is 1. The van der Waals surface area contributed by atoms with Gasteiger partial charge in [-0.15, -0.1) is 0 Å². The quantitative estimate of drug-likeness (QED) is 0.709. The minimum Gasteiger partial charge on any atom is -0.491 e. The molecule has 6 heteroatoms. The lowest BCUT2D eigenvalue weighted by Crippen LogP contribution is -2.31. The number of fused-ring (bicyclic) bond motifs is 1. The Hall–Kier alpha value is -2.63. The van der Waals surface area contributed by atoms with Gasteiger partial charge in [0.15, 0.2) is 0 Å². The minimum atomic E-state index is -2.88. The molecule has 2 aromatic rings. The van der Waals surface area contributed by atoms with Gasteiger partial charge in [-0.05, 0) is 31.0 Å². The number of carbonyl (C=O) groups is 1. The van der Waals surface area contributed by atoms with Crippen molar-refractivity contribution in [3.8, 4) is 5.75 Å². The van der Waals surface area contributed by atoms with E-state index in [1.54, 1.807) is 30.3 Å². The summed E-state index contributed by atoms with van der Waals surface area (Å²) >= 11 is 0. The smallest absolute Gasteiger partial charge is 0.335 e. The Bertz CT molecular complexity index is 811. The van der Waals surface area contributed by atoms with Crippen molar-refractivity contribution in [3.63, 3.8) is 0 Å². The van der Waals surface area contributed by atoms with E-state index in [-0.39, 0.29) is 23.5 Å². The van der Waals surface area contributed by atoms with Crippen LogP contribution in [0.3, 0.4) is 0 Å². The monoisotopic (exact) mass is 389 g/mol. The summed E-state index contributed by atoms with van der Waals surface area (Å²) in [5.41, 5.74) is 0.945. The third-order valence-electron chi connectivity index (χ3n) is 5.06. The zero-order chi connectivity index (χ0) is 20.1. The fourth-order valence-electron chi connectivity index (χ4n) is 3.56. The standard InChI is InChI=1S/C22H25F2NO3/c1-2-12-25-14-16(10-11-22(23,24)18-6-4-3-5-7-18)15-28-20-9-8-17(21(26)27)13-19(20)25/h3-9,13,16H,2,10-12,14-15H2,1H3,(H,26,27). The van der Waals surface area contributed by atoms with Gasteiger partial charge in [-0.3, -0.25) is 0 Å². The number of hydrogen-bond acceptors (Lipinski definition) is 3. The Morgan fingerprint density at radius 2 is 2.00 bits per heavy atom. The Balaban J connectivity index is 1.74. The number of halogens is 2. The Morgan fingerprint density at radius 3 is 2.68 bits per heavy atom. The average Bonchev–Trinajstić information content (AvgIpc) is 2.86. The van der Waals surface area contributed by atoms with Gasteiger partial charge >= 0.3 is 5.97 Å². The molecule has 1 heterocycles. The maximum atomic E-state index is 14.5. The van der Waals surface area contributed by atoms with Crippen molar-refractivity contribution in [1.29, 1.82) is 0 Å². The Morgan fingerprint density at radius 1 is 1.25 bits per heavy atom. The van der Waals surface area contributed by atoms with Gasteiger partial charge in [0.05, 0.1) is 17.9 Å². The molecule has 150 valence electrons. The summed E-state index contributed by atoms with van der Waals surface area (Å²) in [6, 6.07) is 12.7. The maximum Gasteiger partial charge on any atom is 0.335 e. The van der Waals surface area contributed by atoms with E-state index in [0.29, 0.717) is 31.9 Å². The van der Waals surface area contributed by atoms with Gasteiger partial charge in [0.1, 0.15) is 5.75 Å². The molecule has 0 radical (unpaired) electrons. The molecule has 0 saturated carbocycles. The molecule has 0 spiro atoms. The van der Waals surface area contributed by atoms with Gasteiger partial charge in [0, 0.05) is 31.0 Å². The lowest BCUT2D eigenvalue weighted by Gasteiger charge is -2.27. The SMILES string of the molecule is CCCN1CC(CCC(F)(F)c2ccccc2)COc2ccc(C(=O)O)cc21. The van der Waals surface area contributed by atoms with E-state index < -0.39 is 11.9 Å². The van der Waals surface area contributed by atoms with Crippen molar-refractivity contribution in [1.82, 2.24) is 0 Å². The first-order chi connectivity index (χ1) is 13.4. The highest BCUT2D eigenvalue weighted by Crippen LogP contribution is 2.37. The number of carboxylic acids is 1. The zero-order valence-electron chi connectivity index (χ0n) is 15.9. The van der Waals surface area contributed by atoms with Crippen molar-refractivity contribution in [2.24, 2.45) is 5.92 Å². The van der Waals surface area contributed by atoms with Gasteiger partial charge in [0.2, 0.25) is 0 Å². The van der Waals surface area contributed by atoms with Crippen LogP contribution >= 0.6 is 0 Å². The Kier molecular flexibility index (Phi) is 6.17. The van der Waals surface area contributed by atoms with E-state index in [1.165, 1.54) is 18.2 Å². The van der Waals surface area contributed by atoms with Gasteiger partial charge in [-0.25, -0.2) is 13.6 Å². The third kappa shape index (κ3) is 4.61. The number of rotatable bonds is 7. The molecule has 1 atom stereocenters. The molecule has 4 nitrogen and oxygen atoms in total. The van der Waals surface area contributed by atoms with Crippen molar-refractivity contribution >= 4 is 11.7 Å². The van der Waals surface area contributed by atoms with Crippen LogP contribution < -0.4 is 9.64 Å². The summed E-state index contributed by atoms with van der Waals surface area (Å²) in [5, 5.41) is 9.26. The molecule has 3 rings (SSSR count). The Labute approximate surface area is 163 Å². The van der Waals surface area contributed by atoms with Crippen LogP contribution in [0.4, 0.5) is 14.5 Å². The van der Waals surface area contributed by atoms with Crippen LogP contribution in [0.5, 0.6) is 5.75 Å².